The van der Waals surface area contributed by atoms with Gasteiger partial charge in [0.25, 0.3) is 0 Å². The number of phenolic OH excluding ortho intramolecular Hbond substituents is 1. The summed E-state index contributed by atoms with van der Waals surface area (Å²) in [6, 6.07) is 7.59. The standard InChI is InChI=1S/C12H17NO/c1-3-13-10(2)7-8-11-5-4-6-12(14)9-11/h4-10,13-14H,3H2,1-2H3/b8-7+. The minimum absolute atomic E-state index is 0.309. The predicted molar refractivity (Wildman–Crippen MR) is 60.3 cm³/mol. The fourth-order valence-corrected chi connectivity index (χ4v) is 1.27. The van der Waals surface area contributed by atoms with Crippen LogP contribution in [0.3, 0.4) is 0 Å². The number of phenols is 1. The maximum Gasteiger partial charge on any atom is 0.116 e. The van der Waals surface area contributed by atoms with Crippen molar-refractivity contribution < 1.29 is 5.11 Å². The van der Waals surface area contributed by atoms with E-state index in [4.69, 9.17) is 0 Å². The van der Waals surface area contributed by atoms with Crippen LogP contribution in [-0.2, 0) is 0 Å². The Morgan fingerprint density at radius 1 is 1.50 bits per heavy atom. The Balaban J connectivity index is 2.59. The molecule has 76 valence electrons. The highest BCUT2D eigenvalue weighted by atomic mass is 16.3. The summed E-state index contributed by atoms with van der Waals surface area (Å²) in [6.45, 7) is 5.15. The van der Waals surface area contributed by atoms with Gasteiger partial charge in [-0.3, -0.25) is 0 Å². The van der Waals surface area contributed by atoms with E-state index in [1.807, 2.05) is 18.2 Å². The smallest absolute Gasteiger partial charge is 0.116 e. The number of benzene rings is 1. The van der Waals surface area contributed by atoms with Crippen LogP contribution in [0, 0.1) is 0 Å². The number of nitrogens with one attached hydrogen (secondary N) is 1. The molecule has 2 heteroatoms. The molecule has 0 bridgehead atoms. The lowest BCUT2D eigenvalue weighted by atomic mass is 10.2. The zero-order chi connectivity index (χ0) is 10.4. The van der Waals surface area contributed by atoms with Gasteiger partial charge in [-0.05, 0) is 31.2 Å². The Kier molecular flexibility index (Phi) is 4.20. The van der Waals surface area contributed by atoms with E-state index < -0.39 is 0 Å². The highest BCUT2D eigenvalue weighted by Crippen LogP contribution is 2.12. The van der Waals surface area contributed by atoms with Crippen LogP contribution in [0.15, 0.2) is 30.3 Å². The molecule has 1 unspecified atom stereocenters. The molecule has 0 aromatic heterocycles. The maximum absolute atomic E-state index is 9.23. The predicted octanol–water partition coefficient (Wildman–Crippen LogP) is 2.40. The van der Waals surface area contributed by atoms with Gasteiger partial charge in [0.1, 0.15) is 5.75 Å². The van der Waals surface area contributed by atoms with Crippen molar-refractivity contribution in [2.75, 3.05) is 6.54 Å². The molecule has 0 saturated heterocycles. The third-order valence-electron chi connectivity index (χ3n) is 1.97. The number of likely N-dealkylation sites (N-methyl/N-ethyl adjacent to an activating group) is 1. The summed E-state index contributed by atoms with van der Waals surface area (Å²) in [4.78, 5) is 0. The van der Waals surface area contributed by atoms with Crippen LogP contribution >= 0.6 is 0 Å². The van der Waals surface area contributed by atoms with E-state index in [0.717, 1.165) is 12.1 Å². The van der Waals surface area contributed by atoms with Gasteiger partial charge in [-0.1, -0.05) is 31.2 Å². The Hall–Kier alpha value is -1.28. The Morgan fingerprint density at radius 3 is 2.93 bits per heavy atom. The monoisotopic (exact) mass is 191 g/mol. The Morgan fingerprint density at radius 2 is 2.29 bits per heavy atom. The van der Waals surface area contributed by atoms with Crippen molar-refractivity contribution in [3.8, 4) is 5.75 Å². The molecule has 0 saturated carbocycles. The third-order valence-corrected chi connectivity index (χ3v) is 1.97. The molecule has 1 atom stereocenters. The lowest BCUT2D eigenvalue weighted by Crippen LogP contribution is -2.22. The molecule has 0 spiro atoms. The van der Waals surface area contributed by atoms with Crippen LogP contribution in [0.4, 0.5) is 0 Å². The minimum atomic E-state index is 0.309. The van der Waals surface area contributed by atoms with E-state index in [1.165, 1.54) is 0 Å². The number of hydrogen-bond acceptors (Lipinski definition) is 2. The lowest BCUT2D eigenvalue weighted by molar-refractivity contribution is 0.475. The molecule has 1 aromatic carbocycles. The van der Waals surface area contributed by atoms with Crippen LogP contribution < -0.4 is 5.32 Å². The van der Waals surface area contributed by atoms with Crippen LogP contribution in [0.2, 0.25) is 0 Å². The largest absolute Gasteiger partial charge is 0.508 e. The molecule has 1 rings (SSSR count). The molecule has 2 nitrogen and oxygen atoms in total. The summed E-state index contributed by atoms with van der Waals surface area (Å²) in [5.41, 5.74) is 1.02. The molecule has 1 aromatic rings. The first-order chi connectivity index (χ1) is 6.72. The van der Waals surface area contributed by atoms with Crippen molar-refractivity contribution in [2.24, 2.45) is 0 Å². The Bertz CT molecular complexity index is 307. The summed E-state index contributed by atoms with van der Waals surface area (Å²) in [6.07, 6.45) is 4.09. The highest BCUT2D eigenvalue weighted by Gasteiger charge is 1.93. The lowest BCUT2D eigenvalue weighted by Gasteiger charge is -2.05. The van der Waals surface area contributed by atoms with Crippen molar-refractivity contribution in [1.82, 2.24) is 5.32 Å². The van der Waals surface area contributed by atoms with Gasteiger partial charge >= 0.3 is 0 Å². The Labute approximate surface area is 85.3 Å². The first-order valence-corrected chi connectivity index (χ1v) is 4.93. The van der Waals surface area contributed by atoms with Gasteiger partial charge in [-0.15, -0.1) is 0 Å². The molecule has 0 aliphatic heterocycles. The average molecular weight is 191 g/mol. The van der Waals surface area contributed by atoms with Crippen molar-refractivity contribution in [1.29, 1.82) is 0 Å². The molecular formula is C12H17NO. The van der Waals surface area contributed by atoms with Gasteiger partial charge in [-0.2, -0.15) is 0 Å². The van der Waals surface area contributed by atoms with Gasteiger partial charge in [0.15, 0.2) is 0 Å². The van der Waals surface area contributed by atoms with Gasteiger partial charge < -0.3 is 10.4 Å². The first-order valence-electron chi connectivity index (χ1n) is 4.93. The maximum atomic E-state index is 9.23. The van der Waals surface area contributed by atoms with Crippen LogP contribution in [0.5, 0.6) is 5.75 Å². The molecular weight excluding hydrogens is 174 g/mol. The zero-order valence-electron chi connectivity index (χ0n) is 8.70. The third kappa shape index (κ3) is 3.62. The fourth-order valence-electron chi connectivity index (χ4n) is 1.27. The summed E-state index contributed by atoms with van der Waals surface area (Å²) >= 11 is 0. The second kappa shape index (κ2) is 5.45. The van der Waals surface area contributed by atoms with Gasteiger partial charge in [0, 0.05) is 6.04 Å². The molecule has 0 aliphatic carbocycles. The van der Waals surface area contributed by atoms with E-state index in [1.54, 1.807) is 12.1 Å². The van der Waals surface area contributed by atoms with Gasteiger partial charge in [0.05, 0.1) is 0 Å². The van der Waals surface area contributed by atoms with Crippen molar-refractivity contribution in [2.45, 2.75) is 19.9 Å². The van der Waals surface area contributed by atoms with E-state index >= 15 is 0 Å². The van der Waals surface area contributed by atoms with E-state index in [-0.39, 0.29) is 0 Å². The average Bonchev–Trinajstić information content (AvgIpc) is 2.15. The quantitative estimate of drug-likeness (QED) is 0.766. The summed E-state index contributed by atoms with van der Waals surface area (Å²) in [7, 11) is 0. The van der Waals surface area contributed by atoms with Gasteiger partial charge in [0.2, 0.25) is 0 Å². The summed E-state index contributed by atoms with van der Waals surface area (Å²) in [5, 5.41) is 12.5. The molecule has 0 amide bonds. The molecule has 0 aliphatic rings. The van der Waals surface area contributed by atoms with Crippen LogP contribution in [0.25, 0.3) is 6.08 Å². The molecule has 14 heavy (non-hydrogen) atoms. The first kappa shape index (κ1) is 10.8. The summed E-state index contributed by atoms with van der Waals surface area (Å²) in [5.74, 6) is 0.309. The number of hydrogen-bond donors (Lipinski definition) is 2. The van der Waals surface area contributed by atoms with Crippen molar-refractivity contribution in [3.05, 3.63) is 35.9 Å². The van der Waals surface area contributed by atoms with E-state index in [2.05, 4.69) is 25.2 Å². The minimum Gasteiger partial charge on any atom is -0.508 e. The van der Waals surface area contributed by atoms with Gasteiger partial charge in [-0.25, -0.2) is 0 Å². The topological polar surface area (TPSA) is 32.3 Å². The molecule has 2 N–H and O–H groups in total. The second-order valence-electron chi connectivity index (χ2n) is 3.30. The summed E-state index contributed by atoms with van der Waals surface area (Å²) < 4.78 is 0. The number of rotatable bonds is 4. The molecule has 0 heterocycles. The number of aromatic hydroxyl groups is 1. The van der Waals surface area contributed by atoms with Crippen molar-refractivity contribution in [3.63, 3.8) is 0 Å². The van der Waals surface area contributed by atoms with Crippen LogP contribution in [0.1, 0.15) is 19.4 Å². The highest BCUT2D eigenvalue weighted by molar-refractivity contribution is 5.51. The normalized spacial score (nSPS) is 13.3. The van der Waals surface area contributed by atoms with Crippen LogP contribution in [-0.4, -0.2) is 17.7 Å². The zero-order valence-corrected chi connectivity index (χ0v) is 8.70. The fraction of sp³-hybridized carbons (Fsp3) is 0.333. The SMILES string of the molecule is CCNC(C)/C=C/c1cccc(O)c1. The van der Waals surface area contributed by atoms with E-state index in [0.29, 0.717) is 11.8 Å². The van der Waals surface area contributed by atoms with E-state index in [9.17, 15) is 5.11 Å². The molecule has 0 fully saturated rings. The van der Waals surface area contributed by atoms with Crippen molar-refractivity contribution >= 4 is 6.08 Å². The second-order valence-corrected chi connectivity index (χ2v) is 3.30. The molecule has 0 radical (unpaired) electrons.